The molecule has 1 aromatic rings. The van der Waals surface area contributed by atoms with Gasteiger partial charge in [-0.15, -0.1) is 11.3 Å². The lowest BCUT2D eigenvalue weighted by atomic mass is 10.3. The Kier molecular flexibility index (Phi) is 2.05. The van der Waals surface area contributed by atoms with Gasteiger partial charge >= 0.3 is 0 Å². The van der Waals surface area contributed by atoms with Crippen LogP contribution < -0.4 is 5.73 Å². The van der Waals surface area contributed by atoms with E-state index in [0.717, 1.165) is 0 Å². The summed E-state index contributed by atoms with van der Waals surface area (Å²) in [5.74, 6) is 0. The molecule has 1 rings (SSSR count). The molecule has 0 spiro atoms. The average Bonchev–Trinajstić information content (AvgIpc) is 2.15. The molecule has 0 radical (unpaired) electrons. The summed E-state index contributed by atoms with van der Waals surface area (Å²) in [6, 6.07) is 0. The summed E-state index contributed by atoms with van der Waals surface area (Å²) >= 11 is 6.92. The number of rotatable bonds is 1. The highest BCUT2D eigenvalue weighted by atomic mass is 35.5. The predicted octanol–water partition coefficient (Wildman–Crippen LogP) is 1.74. The van der Waals surface area contributed by atoms with Crippen molar-refractivity contribution in [2.45, 2.75) is 6.67 Å². The van der Waals surface area contributed by atoms with Crippen LogP contribution in [0.2, 0.25) is 4.34 Å². The third kappa shape index (κ3) is 1.23. The van der Waals surface area contributed by atoms with Gasteiger partial charge in [0.15, 0.2) is 10.0 Å². The SMILES string of the molecule is [NH3+]c1c(CF)csc1Cl. The van der Waals surface area contributed by atoms with Crippen molar-refractivity contribution in [3.8, 4) is 0 Å². The lowest BCUT2D eigenvalue weighted by Crippen LogP contribution is -2.41. The summed E-state index contributed by atoms with van der Waals surface area (Å²) in [6.45, 7) is -0.470. The van der Waals surface area contributed by atoms with E-state index in [-0.39, 0.29) is 0 Å². The van der Waals surface area contributed by atoms with Crippen molar-refractivity contribution in [3.63, 3.8) is 0 Å². The van der Waals surface area contributed by atoms with Gasteiger partial charge in [0.1, 0.15) is 6.67 Å². The number of alkyl halides is 1. The molecule has 9 heavy (non-hydrogen) atoms. The lowest BCUT2D eigenvalue weighted by molar-refractivity contribution is -0.255. The zero-order valence-corrected chi connectivity index (χ0v) is 6.23. The van der Waals surface area contributed by atoms with Gasteiger partial charge in [-0.2, -0.15) is 0 Å². The van der Waals surface area contributed by atoms with Gasteiger partial charge < -0.3 is 5.73 Å². The van der Waals surface area contributed by atoms with Crippen molar-refractivity contribution in [1.29, 1.82) is 0 Å². The first-order valence-electron chi connectivity index (χ1n) is 2.39. The van der Waals surface area contributed by atoms with Gasteiger partial charge in [-0.3, -0.25) is 0 Å². The molecule has 3 N–H and O–H groups in total. The summed E-state index contributed by atoms with van der Waals surface area (Å²) < 4.78 is 12.5. The summed E-state index contributed by atoms with van der Waals surface area (Å²) in [5, 5.41) is 1.69. The molecule has 1 aromatic heterocycles. The van der Waals surface area contributed by atoms with E-state index in [1.807, 2.05) is 0 Å². The van der Waals surface area contributed by atoms with E-state index < -0.39 is 6.67 Å². The Morgan fingerprint density at radius 1 is 1.78 bits per heavy atom. The monoisotopic (exact) mass is 166 g/mol. The molecule has 0 aliphatic heterocycles. The summed E-state index contributed by atoms with van der Waals surface area (Å²) in [5.41, 5.74) is 4.82. The van der Waals surface area contributed by atoms with E-state index in [0.29, 0.717) is 15.6 Å². The molecule has 0 aliphatic carbocycles. The van der Waals surface area contributed by atoms with Crippen molar-refractivity contribution >= 4 is 28.6 Å². The van der Waals surface area contributed by atoms with Gasteiger partial charge in [0.05, 0.1) is 5.56 Å². The number of hydrogen-bond donors (Lipinski definition) is 1. The van der Waals surface area contributed by atoms with Crippen LogP contribution in [0.3, 0.4) is 0 Å². The zero-order chi connectivity index (χ0) is 6.85. The van der Waals surface area contributed by atoms with Gasteiger partial charge in [-0.1, -0.05) is 11.6 Å². The molecule has 0 bridgehead atoms. The minimum Gasteiger partial charge on any atom is -0.323 e. The molecule has 50 valence electrons. The van der Waals surface area contributed by atoms with Gasteiger partial charge in [0.25, 0.3) is 0 Å². The summed E-state index contributed by atoms with van der Waals surface area (Å²) in [7, 11) is 0. The molecule has 0 saturated heterocycles. The maximum Gasteiger partial charge on any atom is 0.163 e. The maximum atomic E-state index is 11.9. The zero-order valence-electron chi connectivity index (χ0n) is 4.66. The Morgan fingerprint density at radius 3 is 2.67 bits per heavy atom. The van der Waals surface area contributed by atoms with Crippen molar-refractivity contribution in [3.05, 3.63) is 15.3 Å². The molecule has 0 unspecified atom stereocenters. The number of hydrogen-bond acceptors (Lipinski definition) is 1. The van der Waals surface area contributed by atoms with Gasteiger partial charge in [-0.25, -0.2) is 4.39 Å². The van der Waals surface area contributed by atoms with E-state index >= 15 is 0 Å². The van der Waals surface area contributed by atoms with Gasteiger partial charge in [-0.05, 0) is 0 Å². The van der Waals surface area contributed by atoms with Crippen LogP contribution in [0, 0.1) is 0 Å². The van der Waals surface area contributed by atoms with E-state index in [9.17, 15) is 4.39 Å². The molecule has 1 nitrogen and oxygen atoms in total. The third-order valence-electron chi connectivity index (χ3n) is 1.07. The standard InChI is InChI=1S/C5H5ClFNS/c6-5-4(8)3(1-7)2-9-5/h2H,1,8H2/p+1. The van der Waals surface area contributed by atoms with Crippen LogP contribution in [0.25, 0.3) is 0 Å². The van der Waals surface area contributed by atoms with E-state index in [2.05, 4.69) is 5.73 Å². The Morgan fingerprint density at radius 2 is 2.44 bits per heavy atom. The highest BCUT2D eigenvalue weighted by Crippen LogP contribution is 2.28. The lowest BCUT2D eigenvalue weighted by Gasteiger charge is -1.83. The van der Waals surface area contributed by atoms with Crippen molar-refractivity contribution in [1.82, 2.24) is 0 Å². The smallest absolute Gasteiger partial charge is 0.163 e. The first-order valence-corrected chi connectivity index (χ1v) is 3.65. The molecule has 0 saturated carbocycles. The Bertz CT molecular complexity index is 211. The highest BCUT2D eigenvalue weighted by molar-refractivity contribution is 7.15. The quantitative estimate of drug-likeness (QED) is 0.659. The average molecular weight is 167 g/mol. The summed E-state index contributed by atoms with van der Waals surface area (Å²) in [6.07, 6.45) is 0. The topological polar surface area (TPSA) is 27.6 Å². The summed E-state index contributed by atoms with van der Waals surface area (Å²) in [4.78, 5) is 0. The van der Waals surface area contributed by atoms with Crippen LogP contribution in [0.15, 0.2) is 5.38 Å². The second-order valence-electron chi connectivity index (χ2n) is 1.65. The Hall–Kier alpha value is -0.120. The van der Waals surface area contributed by atoms with Gasteiger partial charge in [0.2, 0.25) is 0 Å². The molecular weight excluding hydrogens is 161 g/mol. The van der Waals surface area contributed by atoms with Crippen LogP contribution in [-0.2, 0) is 6.67 Å². The fourth-order valence-electron chi connectivity index (χ4n) is 0.504. The van der Waals surface area contributed by atoms with Crippen molar-refractivity contribution < 1.29 is 10.1 Å². The Balaban J connectivity index is 3.04. The van der Waals surface area contributed by atoms with E-state index in [4.69, 9.17) is 11.6 Å². The molecule has 0 aliphatic rings. The van der Waals surface area contributed by atoms with Crippen molar-refractivity contribution in [2.75, 3.05) is 0 Å². The molecule has 0 amide bonds. The highest BCUT2D eigenvalue weighted by Gasteiger charge is 2.08. The molecular formula is C5H6ClFNS+. The molecule has 1 heterocycles. The first-order chi connectivity index (χ1) is 4.25. The molecule has 0 atom stereocenters. The first kappa shape index (κ1) is 6.99. The van der Waals surface area contributed by atoms with Crippen LogP contribution in [-0.4, -0.2) is 0 Å². The Labute approximate surface area is 61.2 Å². The van der Waals surface area contributed by atoms with Crippen molar-refractivity contribution in [2.24, 2.45) is 0 Å². The molecule has 0 aromatic carbocycles. The normalized spacial score (nSPS) is 10.1. The fourth-order valence-corrected chi connectivity index (χ4v) is 1.48. The molecule has 4 heteroatoms. The predicted molar refractivity (Wildman–Crippen MR) is 36.7 cm³/mol. The third-order valence-corrected chi connectivity index (χ3v) is 2.42. The largest absolute Gasteiger partial charge is 0.323 e. The van der Waals surface area contributed by atoms with E-state index in [1.54, 1.807) is 5.38 Å². The van der Waals surface area contributed by atoms with Crippen LogP contribution >= 0.6 is 22.9 Å². The molecule has 0 fully saturated rings. The number of halogens is 2. The van der Waals surface area contributed by atoms with Crippen LogP contribution in [0.4, 0.5) is 10.1 Å². The van der Waals surface area contributed by atoms with Crippen LogP contribution in [0.5, 0.6) is 0 Å². The fraction of sp³-hybridized carbons (Fsp3) is 0.200. The minimum atomic E-state index is -0.470. The second kappa shape index (κ2) is 2.64. The van der Waals surface area contributed by atoms with Crippen LogP contribution in [0.1, 0.15) is 5.56 Å². The second-order valence-corrected chi connectivity index (χ2v) is 3.13. The minimum absolute atomic E-state index is 0.470. The van der Waals surface area contributed by atoms with Gasteiger partial charge in [0, 0.05) is 5.38 Å². The number of quaternary nitrogens is 1. The maximum absolute atomic E-state index is 11.9. The van der Waals surface area contributed by atoms with E-state index in [1.165, 1.54) is 11.3 Å². The number of thiophene rings is 1.